The first-order valence-corrected chi connectivity index (χ1v) is 13.4. The Balaban J connectivity index is 1.35. The summed E-state index contributed by atoms with van der Waals surface area (Å²) in [7, 11) is 0. The third-order valence-corrected chi connectivity index (χ3v) is 7.40. The van der Waals surface area contributed by atoms with Crippen molar-refractivity contribution < 1.29 is 4.79 Å². The predicted molar refractivity (Wildman–Crippen MR) is 146 cm³/mol. The summed E-state index contributed by atoms with van der Waals surface area (Å²) in [6.07, 6.45) is 8.71. The summed E-state index contributed by atoms with van der Waals surface area (Å²) in [6.45, 7) is 2.32. The maximum Gasteiger partial charge on any atom is 0.251 e. The maximum absolute atomic E-state index is 12.6. The van der Waals surface area contributed by atoms with E-state index in [2.05, 4.69) is 15.5 Å². The third kappa shape index (κ3) is 7.60. The molecule has 0 aromatic heterocycles. The van der Waals surface area contributed by atoms with Gasteiger partial charge in [-0.15, -0.1) is 0 Å². The normalized spacial score (nSPS) is 17.9. The molecule has 2 fully saturated rings. The van der Waals surface area contributed by atoms with Crippen molar-refractivity contribution in [2.24, 2.45) is 10.7 Å². The Morgan fingerprint density at radius 2 is 1.71 bits per heavy atom. The molecule has 188 valence electrons. The van der Waals surface area contributed by atoms with Gasteiger partial charge in [-0.05, 0) is 74.1 Å². The van der Waals surface area contributed by atoms with E-state index in [4.69, 9.17) is 33.9 Å². The molecule has 6 nitrogen and oxygen atoms in total. The molecular weight excluding hydrogens is 481 g/mol. The molecule has 1 heterocycles. The van der Waals surface area contributed by atoms with Crippen LogP contribution in [0.15, 0.2) is 47.5 Å². The summed E-state index contributed by atoms with van der Waals surface area (Å²) in [4.78, 5) is 20.0. The lowest BCUT2D eigenvalue weighted by atomic mass is 9.96. The number of rotatable bonds is 6. The van der Waals surface area contributed by atoms with Crippen LogP contribution in [0.25, 0.3) is 0 Å². The van der Waals surface area contributed by atoms with Gasteiger partial charge >= 0.3 is 0 Å². The number of amides is 1. The molecule has 2 aromatic carbocycles. The Hall–Kier alpha value is -2.28. The quantitative estimate of drug-likeness (QED) is 0.350. The largest absolute Gasteiger partial charge is 0.352 e. The zero-order valence-electron chi connectivity index (χ0n) is 20.1. The summed E-state index contributed by atoms with van der Waals surface area (Å²) in [5.74, 6) is 0.823. The van der Waals surface area contributed by atoms with E-state index in [1.165, 1.54) is 19.3 Å². The highest BCUT2D eigenvalue weighted by atomic mass is 35.5. The van der Waals surface area contributed by atoms with Crippen LogP contribution in [0.2, 0.25) is 10.0 Å². The summed E-state index contributed by atoms with van der Waals surface area (Å²) in [5.41, 5.74) is 8.63. The number of nitrogens with two attached hydrogens (primary N) is 1. The highest BCUT2D eigenvalue weighted by Gasteiger charge is 2.22. The molecular formula is C27H35Cl2N5O. The molecule has 8 heteroatoms. The van der Waals surface area contributed by atoms with Crippen molar-refractivity contribution in [1.29, 1.82) is 0 Å². The fraction of sp³-hybridized carbons (Fsp3) is 0.481. The summed E-state index contributed by atoms with van der Waals surface area (Å²) in [6, 6.07) is 13.6. The number of carbonyl (C=O) groups excluding carboxylic acids is 1. The number of carbonyl (C=O) groups is 1. The van der Waals surface area contributed by atoms with E-state index >= 15 is 0 Å². The van der Waals surface area contributed by atoms with Crippen LogP contribution < -0.4 is 16.4 Å². The van der Waals surface area contributed by atoms with Crippen molar-refractivity contribution in [3.63, 3.8) is 0 Å². The van der Waals surface area contributed by atoms with E-state index in [0.29, 0.717) is 34.6 Å². The topological polar surface area (TPSA) is 82.8 Å². The standard InChI is InChI=1S/C27H35Cl2N5O/c28-21-9-6-19(25(29)18-21)12-15-31-26(35)20-7-10-24(11-8-20)33-27(32-23-4-2-1-3-5-23)34-16-13-22(30)14-17-34/h6-11,18,22-23H,1-5,12-17,30H2,(H,31,35)(H,32,33). The Morgan fingerprint density at radius 3 is 2.40 bits per heavy atom. The van der Waals surface area contributed by atoms with Crippen LogP contribution in [0.1, 0.15) is 60.9 Å². The molecule has 0 unspecified atom stereocenters. The number of anilines is 1. The summed E-state index contributed by atoms with van der Waals surface area (Å²) < 4.78 is 0. The van der Waals surface area contributed by atoms with Crippen LogP contribution in [-0.2, 0) is 6.42 Å². The number of benzene rings is 2. The number of nitrogens with zero attached hydrogens (tertiary/aromatic N) is 2. The van der Waals surface area contributed by atoms with E-state index in [1.54, 1.807) is 12.1 Å². The van der Waals surface area contributed by atoms with E-state index < -0.39 is 0 Å². The lowest BCUT2D eigenvalue weighted by molar-refractivity contribution is 0.0954. The average molecular weight is 517 g/mol. The van der Waals surface area contributed by atoms with Gasteiger partial charge < -0.3 is 21.3 Å². The van der Waals surface area contributed by atoms with Crippen molar-refractivity contribution >= 4 is 40.8 Å². The molecule has 1 amide bonds. The van der Waals surface area contributed by atoms with Crippen LogP contribution in [0.3, 0.4) is 0 Å². The second-order valence-electron chi connectivity index (χ2n) is 9.51. The van der Waals surface area contributed by atoms with Gasteiger partial charge in [-0.1, -0.05) is 48.5 Å². The van der Waals surface area contributed by atoms with Crippen LogP contribution in [0.4, 0.5) is 5.69 Å². The Kier molecular flexibility index (Phi) is 9.30. The number of halogens is 2. The van der Waals surface area contributed by atoms with Crippen molar-refractivity contribution in [2.75, 3.05) is 25.0 Å². The molecule has 35 heavy (non-hydrogen) atoms. The SMILES string of the molecule is NC1CCN(C(=NC2CCCCC2)Nc2ccc(C(=O)NCCc3ccc(Cl)cc3Cl)cc2)CC1. The molecule has 1 saturated heterocycles. The minimum absolute atomic E-state index is 0.109. The molecule has 1 aliphatic heterocycles. The molecule has 0 radical (unpaired) electrons. The number of aliphatic imine (C=N–C) groups is 1. The number of likely N-dealkylation sites (tertiary alicyclic amines) is 1. The fourth-order valence-electron chi connectivity index (χ4n) is 4.66. The van der Waals surface area contributed by atoms with Crippen LogP contribution in [-0.4, -0.2) is 48.5 Å². The zero-order chi connectivity index (χ0) is 24.6. The van der Waals surface area contributed by atoms with Crippen LogP contribution in [0.5, 0.6) is 0 Å². The first kappa shape index (κ1) is 25.8. The third-order valence-electron chi connectivity index (χ3n) is 6.82. The van der Waals surface area contributed by atoms with Gasteiger partial charge in [0, 0.05) is 47.0 Å². The van der Waals surface area contributed by atoms with E-state index in [1.807, 2.05) is 30.3 Å². The summed E-state index contributed by atoms with van der Waals surface area (Å²) in [5, 5.41) is 7.71. The number of guanidine groups is 1. The molecule has 0 spiro atoms. The lowest BCUT2D eigenvalue weighted by Crippen LogP contribution is -2.46. The molecule has 0 atom stereocenters. The van der Waals surface area contributed by atoms with Crippen LogP contribution >= 0.6 is 23.2 Å². The van der Waals surface area contributed by atoms with Gasteiger partial charge in [0.25, 0.3) is 5.91 Å². The Morgan fingerprint density at radius 1 is 1.00 bits per heavy atom. The number of hydrogen-bond donors (Lipinski definition) is 3. The average Bonchev–Trinajstić information content (AvgIpc) is 2.86. The minimum atomic E-state index is -0.109. The highest BCUT2D eigenvalue weighted by molar-refractivity contribution is 6.35. The van der Waals surface area contributed by atoms with Gasteiger partial charge in [0.15, 0.2) is 5.96 Å². The lowest BCUT2D eigenvalue weighted by Gasteiger charge is -2.34. The Bertz CT molecular complexity index is 1010. The van der Waals surface area contributed by atoms with Gasteiger partial charge in [0.2, 0.25) is 0 Å². The number of hydrogen-bond acceptors (Lipinski definition) is 3. The molecule has 2 aliphatic rings. The predicted octanol–water partition coefficient (Wildman–Crippen LogP) is 5.49. The maximum atomic E-state index is 12.6. The fourth-order valence-corrected chi connectivity index (χ4v) is 5.16. The first-order chi connectivity index (χ1) is 17.0. The second-order valence-corrected chi connectivity index (χ2v) is 10.4. The van der Waals surface area contributed by atoms with Gasteiger partial charge in [0.05, 0.1) is 6.04 Å². The number of piperidine rings is 1. The van der Waals surface area contributed by atoms with E-state index in [9.17, 15) is 4.79 Å². The van der Waals surface area contributed by atoms with Crippen molar-refractivity contribution in [3.8, 4) is 0 Å². The molecule has 1 saturated carbocycles. The minimum Gasteiger partial charge on any atom is -0.352 e. The first-order valence-electron chi connectivity index (χ1n) is 12.7. The monoisotopic (exact) mass is 515 g/mol. The second kappa shape index (κ2) is 12.6. The molecule has 2 aromatic rings. The molecule has 4 rings (SSSR count). The van der Waals surface area contributed by atoms with Gasteiger partial charge in [-0.2, -0.15) is 0 Å². The molecule has 0 bridgehead atoms. The van der Waals surface area contributed by atoms with Gasteiger partial charge in [-0.3, -0.25) is 4.79 Å². The molecule has 4 N–H and O–H groups in total. The van der Waals surface area contributed by atoms with Crippen LogP contribution in [0, 0.1) is 0 Å². The van der Waals surface area contributed by atoms with Gasteiger partial charge in [0.1, 0.15) is 0 Å². The summed E-state index contributed by atoms with van der Waals surface area (Å²) >= 11 is 12.2. The number of nitrogens with one attached hydrogen (secondary N) is 2. The van der Waals surface area contributed by atoms with Crippen molar-refractivity contribution in [3.05, 3.63) is 63.6 Å². The van der Waals surface area contributed by atoms with Crippen molar-refractivity contribution in [1.82, 2.24) is 10.2 Å². The zero-order valence-corrected chi connectivity index (χ0v) is 21.6. The highest BCUT2D eigenvalue weighted by Crippen LogP contribution is 2.23. The Labute approximate surface area is 218 Å². The van der Waals surface area contributed by atoms with Crippen molar-refractivity contribution in [2.45, 2.75) is 63.5 Å². The van der Waals surface area contributed by atoms with E-state index in [0.717, 1.165) is 56.0 Å². The molecule has 1 aliphatic carbocycles. The smallest absolute Gasteiger partial charge is 0.251 e. The van der Waals surface area contributed by atoms with Gasteiger partial charge in [-0.25, -0.2) is 4.99 Å². The van der Waals surface area contributed by atoms with E-state index in [-0.39, 0.29) is 11.9 Å².